The molecule has 0 aliphatic carbocycles. The number of unbranched alkanes of at least 4 members (excludes halogenated alkanes) is 1. The van der Waals surface area contributed by atoms with Gasteiger partial charge in [0, 0.05) is 19.0 Å². The molecule has 0 aromatic heterocycles. The fraction of sp³-hybridized carbons (Fsp3) is 0.381. The van der Waals surface area contributed by atoms with Crippen molar-refractivity contribution in [3.63, 3.8) is 0 Å². The molecular weight excluding hydrogens is 331 g/mol. The van der Waals surface area contributed by atoms with Gasteiger partial charge in [-0.2, -0.15) is 5.26 Å². The van der Waals surface area contributed by atoms with Gasteiger partial charge in [-0.25, -0.2) is 4.39 Å². The van der Waals surface area contributed by atoms with Crippen molar-refractivity contribution in [2.75, 3.05) is 13.7 Å². The van der Waals surface area contributed by atoms with Gasteiger partial charge >= 0.3 is 0 Å². The molecule has 5 heteroatoms. The Labute approximate surface area is 154 Å². The molecule has 4 nitrogen and oxygen atoms in total. The van der Waals surface area contributed by atoms with Crippen molar-refractivity contribution < 1.29 is 13.9 Å². The third kappa shape index (κ3) is 6.05. The zero-order chi connectivity index (χ0) is 18.8. The molecule has 1 atom stereocenters. The number of nitrogens with zero attached hydrogens (tertiary/aromatic N) is 1. The Morgan fingerprint density at radius 2 is 2.00 bits per heavy atom. The van der Waals surface area contributed by atoms with Crippen LogP contribution < -0.4 is 14.8 Å². The monoisotopic (exact) mass is 356 g/mol. The van der Waals surface area contributed by atoms with Gasteiger partial charge in [0.15, 0.2) is 11.5 Å². The van der Waals surface area contributed by atoms with Crippen LogP contribution in [0.15, 0.2) is 42.5 Å². The first-order chi connectivity index (χ1) is 12.6. The van der Waals surface area contributed by atoms with Gasteiger partial charge in [0.25, 0.3) is 0 Å². The normalized spacial score (nSPS) is 11.6. The largest absolute Gasteiger partial charge is 0.493 e. The highest BCUT2D eigenvalue weighted by molar-refractivity contribution is 5.43. The molecule has 0 saturated carbocycles. The molecule has 0 aliphatic rings. The highest BCUT2D eigenvalue weighted by Gasteiger charge is 2.09. The fourth-order valence-corrected chi connectivity index (χ4v) is 2.64. The predicted octanol–water partition coefficient (Wildman–Crippen LogP) is 4.24. The summed E-state index contributed by atoms with van der Waals surface area (Å²) in [6.07, 6.45) is 1.78. The Morgan fingerprint density at radius 3 is 2.73 bits per heavy atom. The van der Waals surface area contributed by atoms with Crippen LogP contribution in [0.25, 0.3) is 0 Å². The molecule has 0 spiro atoms. The van der Waals surface area contributed by atoms with Crippen molar-refractivity contribution in [2.45, 2.75) is 38.8 Å². The van der Waals surface area contributed by atoms with E-state index in [0.717, 1.165) is 5.56 Å². The maximum Gasteiger partial charge on any atom is 0.161 e. The fourth-order valence-electron chi connectivity index (χ4n) is 2.64. The second-order valence-electron chi connectivity index (χ2n) is 6.17. The second kappa shape index (κ2) is 10.4. The smallest absolute Gasteiger partial charge is 0.161 e. The van der Waals surface area contributed by atoms with Crippen LogP contribution in [-0.4, -0.2) is 19.8 Å². The first kappa shape index (κ1) is 19.7. The number of hydrogen-bond donors (Lipinski definition) is 1. The van der Waals surface area contributed by atoms with E-state index in [0.29, 0.717) is 49.5 Å². The van der Waals surface area contributed by atoms with Crippen molar-refractivity contribution >= 4 is 0 Å². The molecule has 0 radical (unpaired) electrons. The van der Waals surface area contributed by atoms with Gasteiger partial charge in [-0.3, -0.25) is 0 Å². The zero-order valence-electron chi connectivity index (χ0n) is 15.3. The van der Waals surface area contributed by atoms with Crippen LogP contribution in [0.5, 0.6) is 11.5 Å². The lowest BCUT2D eigenvalue weighted by Crippen LogP contribution is -2.27. The van der Waals surface area contributed by atoms with Crippen LogP contribution in [-0.2, 0) is 13.0 Å². The van der Waals surface area contributed by atoms with Crippen LogP contribution in [0.1, 0.15) is 30.9 Å². The third-order valence-corrected chi connectivity index (χ3v) is 4.06. The summed E-state index contributed by atoms with van der Waals surface area (Å²) in [5.74, 6) is 1.18. The zero-order valence-corrected chi connectivity index (χ0v) is 15.3. The highest BCUT2D eigenvalue weighted by atomic mass is 19.1. The summed E-state index contributed by atoms with van der Waals surface area (Å²) in [6.45, 7) is 3.16. The first-order valence-electron chi connectivity index (χ1n) is 8.77. The summed E-state index contributed by atoms with van der Waals surface area (Å²) in [4.78, 5) is 0. The van der Waals surface area contributed by atoms with Crippen LogP contribution in [0.3, 0.4) is 0 Å². The van der Waals surface area contributed by atoms with Crippen LogP contribution in [0.2, 0.25) is 0 Å². The second-order valence-corrected chi connectivity index (χ2v) is 6.17. The Morgan fingerprint density at radius 1 is 1.19 bits per heavy atom. The molecule has 0 heterocycles. The van der Waals surface area contributed by atoms with E-state index in [1.807, 2.05) is 37.3 Å². The first-order valence-corrected chi connectivity index (χ1v) is 8.77. The maximum atomic E-state index is 13.7. The number of nitrogens with one attached hydrogen (secondary N) is 1. The van der Waals surface area contributed by atoms with Gasteiger partial charge in [-0.15, -0.1) is 0 Å². The van der Waals surface area contributed by atoms with Gasteiger partial charge in [0.1, 0.15) is 5.82 Å². The van der Waals surface area contributed by atoms with Gasteiger partial charge in [-0.05, 0) is 49.1 Å². The molecular formula is C21H25FN2O2. The molecule has 2 aromatic carbocycles. The number of methoxy groups -OCH3 is 1. The number of benzene rings is 2. The van der Waals surface area contributed by atoms with Crippen molar-refractivity contribution in [3.8, 4) is 17.6 Å². The van der Waals surface area contributed by atoms with Crippen molar-refractivity contribution in [3.05, 3.63) is 59.4 Å². The van der Waals surface area contributed by atoms with E-state index in [4.69, 9.17) is 14.7 Å². The molecule has 1 unspecified atom stereocenters. The van der Waals surface area contributed by atoms with Crippen LogP contribution in [0, 0.1) is 17.1 Å². The maximum absolute atomic E-state index is 13.7. The van der Waals surface area contributed by atoms with Gasteiger partial charge in [-0.1, -0.05) is 24.3 Å². The molecule has 0 saturated heterocycles. The Balaban J connectivity index is 1.92. The number of ether oxygens (including phenoxy) is 2. The molecule has 1 N–H and O–H groups in total. The Kier molecular flexibility index (Phi) is 7.91. The van der Waals surface area contributed by atoms with E-state index in [2.05, 4.69) is 11.4 Å². The van der Waals surface area contributed by atoms with Gasteiger partial charge in [0.2, 0.25) is 0 Å². The van der Waals surface area contributed by atoms with Crippen molar-refractivity contribution in [1.29, 1.82) is 5.26 Å². The summed E-state index contributed by atoms with van der Waals surface area (Å²) in [5.41, 5.74) is 1.77. The topological polar surface area (TPSA) is 54.3 Å². The van der Waals surface area contributed by atoms with Gasteiger partial charge in [0.05, 0.1) is 19.8 Å². The SMILES string of the molecule is COc1ccc(CNC(C)Cc2ccccc2F)cc1OCCCC#N. The molecule has 138 valence electrons. The summed E-state index contributed by atoms with van der Waals surface area (Å²) >= 11 is 0. The minimum atomic E-state index is -0.168. The van der Waals surface area contributed by atoms with E-state index >= 15 is 0 Å². The average Bonchev–Trinajstić information content (AvgIpc) is 2.65. The van der Waals surface area contributed by atoms with E-state index < -0.39 is 0 Å². The van der Waals surface area contributed by atoms with E-state index in [9.17, 15) is 4.39 Å². The quantitative estimate of drug-likeness (QED) is 0.647. The molecule has 2 rings (SSSR count). The number of hydrogen-bond acceptors (Lipinski definition) is 4. The van der Waals surface area contributed by atoms with Crippen molar-refractivity contribution in [2.24, 2.45) is 0 Å². The standard InChI is InChI=1S/C21H25FN2O2/c1-16(13-18-7-3-4-8-19(18)22)24-15-17-9-10-20(25-2)21(14-17)26-12-6-5-11-23/h3-4,7-10,14,16,24H,5-6,12-13,15H2,1-2H3. The number of halogens is 1. The van der Waals surface area contributed by atoms with E-state index in [1.165, 1.54) is 6.07 Å². The minimum absolute atomic E-state index is 0.133. The van der Waals surface area contributed by atoms with E-state index in [1.54, 1.807) is 13.2 Å². The number of rotatable bonds is 10. The molecule has 0 bridgehead atoms. The number of nitriles is 1. The lowest BCUT2D eigenvalue weighted by atomic mass is 10.1. The third-order valence-electron chi connectivity index (χ3n) is 4.06. The predicted molar refractivity (Wildman–Crippen MR) is 99.7 cm³/mol. The molecule has 2 aromatic rings. The van der Waals surface area contributed by atoms with Crippen molar-refractivity contribution in [1.82, 2.24) is 5.32 Å². The van der Waals surface area contributed by atoms with Crippen LogP contribution >= 0.6 is 0 Å². The summed E-state index contributed by atoms with van der Waals surface area (Å²) < 4.78 is 24.8. The van der Waals surface area contributed by atoms with Crippen LogP contribution in [0.4, 0.5) is 4.39 Å². The Bertz CT molecular complexity index is 743. The molecule has 0 fully saturated rings. The summed E-state index contributed by atoms with van der Waals surface area (Å²) in [6, 6.07) is 14.9. The molecule has 0 amide bonds. The molecule has 26 heavy (non-hydrogen) atoms. The minimum Gasteiger partial charge on any atom is -0.493 e. The molecule has 0 aliphatic heterocycles. The van der Waals surface area contributed by atoms with Gasteiger partial charge < -0.3 is 14.8 Å². The summed E-state index contributed by atoms with van der Waals surface area (Å²) in [7, 11) is 1.60. The lowest BCUT2D eigenvalue weighted by Gasteiger charge is -2.16. The van der Waals surface area contributed by atoms with E-state index in [-0.39, 0.29) is 11.9 Å². The Hall–Kier alpha value is -2.58. The highest BCUT2D eigenvalue weighted by Crippen LogP contribution is 2.28. The lowest BCUT2D eigenvalue weighted by molar-refractivity contribution is 0.290. The summed E-state index contributed by atoms with van der Waals surface area (Å²) in [5, 5.41) is 12.0. The average molecular weight is 356 g/mol.